The summed E-state index contributed by atoms with van der Waals surface area (Å²) in [4.78, 5) is 11.1. The summed E-state index contributed by atoms with van der Waals surface area (Å²) < 4.78 is 6.43. The Morgan fingerprint density at radius 2 is 1.58 bits per heavy atom. The monoisotopic (exact) mass is 506 g/mol. The van der Waals surface area contributed by atoms with E-state index in [4.69, 9.17) is 9.84 Å². The first kappa shape index (κ1) is 26.9. The SMILES string of the molecule is Cc1ccc(-c2cc(C(O)C=Cc3ccc(C(=O)O)cc3)cc(OCc3ccccc3)c2C(C)(C)C)cc1. The van der Waals surface area contributed by atoms with E-state index in [0.717, 1.165) is 39.1 Å². The summed E-state index contributed by atoms with van der Waals surface area (Å²) in [6.07, 6.45) is 2.62. The molecule has 0 aromatic heterocycles. The minimum absolute atomic E-state index is 0.211. The third-order valence-corrected chi connectivity index (χ3v) is 6.44. The van der Waals surface area contributed by atoms with Crippen LogP contribution < -0.4 is 4.74 Å². The van der Waals surface area contributed by atoms with Gasteiger partial charge in [0, 0.05) is 5.56 Å². The van der Waals surface area contributed by atoms with E-state index in [1.54, 1.807) is 36.4 Å². The zero-order chi connectivity index (χ0) is 27.3. The topological polar surface area (TPSA) is 66.8 Å². The van der Waals surface area contributed by atoms with E-state index in [9.17, 15) is 9.90 Å². The average Bonchev–Trinajstić information content (AvgIpc) is 2.90. The molecule has 0 aliphatic carbocycles. The van der Waals surface area contributed by atoms with Crippen molar-refractivity contribution >= 4 is 12.0 Å². The number of rotatable bonds is 8. The number of aromatic carboxylic acids is 1. The molecular weight excluding hydrogens is 472 g/mol. The number of carboxylic acids is 1. The maximum absolute atomic E-state index is 11.2. The van der Waals surface area contributed by atoms with Crippen molar-refractivity contribution in [1.29, 1.82) is 0 Å². The van der Waals surface area contributed by atoms with Crippen molar-refractivity contribution in [3.8, 4) is 16.9 Å². The summed E-state index contributed by atoms with van der Waals surface area (Å²) in [5, 5.41) is 20.3. The Balaban J connectivity index is 1.76. The average molecular weight is 507 g/mol. The lowest BCUT2D eigenvalue weighted by atomic mass is 9.79. The number of carboxylic acid groups (broad SMARTS) is 1. The summed E-state index contributed by atoms with van der Waals surface area (Å²) in [7, 11) is 0. The molecule has 0 radical (unpaired) electrons. The largest absolute Gasteiger partial charge is 0.489 e. The highest BCUT2D eigenvalue weighted by molar-refractivity contribution is 5.87. The summed E-state index contributed by atoms with van der Waals surface area (Å²) in [6, 6.07) is 29.0. The van der Waals surface area contributed by atoms with E-state index in [0.29, 0.717) is 6.61 Å². The Labute approximate surface area is 224 Å². The normalized spacial score (nSPS) is 12.4. The number of aliphatic hydroxyl groups is 1. The Bertz CT molecular complexity index is 1410. The fourth-order valence-electron chi connectivity index (χ4n) is 4.44. The predicted octanol–water partition coefficient (Wildman–Crippen LogP) is 7.98. The first-order valence-electron chi connectivity index (χ1n) is 12.7. The maximum atomic E-state index is 11.2. The van der Waals surface area contributed by atoms with Gasteiger partial charge in [0.1, 0.15) is 12.4 Å². The van der Waals surface area contributed by atoms with Crippen LogP contribution in [-0.4, -0.2) is 16.2 Å². The van der Waals surface area contributed by atoms with E-state index >= 15 is 0 Å². The quantitative estimate of drug-likeness (QED) is 0.254. The molecule has 0 saturated carbocycles. The first-order chi connectivity index (χ1) is 18.1. The van der Waals surface area contributed by atoms with Crippen molar-refractivity contribution in [2.45, 2.75) is 45.8 Å². The predicted molar refractivity (Wildman–Crippen MR) is 153 cm³/mol. The molecule has 4 rings (SSSR count). The zero-order valence-corrected chi connectivity index (χ0v) is 22.3. The second-order valence-electron chi connectivity index (χ2n) is 10.6. The van der Waals surface area contributed by atoms with Gasteiger partial charge in [-0.15, -0.1) is 0 Å². The van der Waals surface area contributed by atoms with Crippen molar-refractivity contribution in [3.63, 3.8) is 0 Å². The van der Waals surface area contributed by atoms with Crippen LogP contribution in [-0.2, 0) is 12.0 Å². The van der Waals surface area contributed by atoms with Gasteiger partial charge in [-0.1, -0.05) is 105 Å². The standard InChI is InChI=1S/C34H34O4/c1-23-10-15-26(16-11-23)29-20-28(30(35)19-14-24-12-17-27(18-13-24)33(36)37)21-31(32(29)34(2,3)4)38-22-25-8-6-5-7-9-25/h5-21,30,35H,22H2,1-4H3,(H,36,37). The molecule has 4 nitrogen and oxygen atoms in total. The molecule has 0 aliphatic heterocycles. The molecule has 0 saturated heterocycles. The Morgan fingerprint density at radius 1 is 0.921 bits per heavy atom. The van der Waals surface area contributed by atoms with Crippen LogP contribution in [0.1, 0.15) is 65.1 Å². The number of hydrogen-bond acceptors (Lipinski definition) is 3. The number of aryl methyl sites for hydroxylation is 1. The second-order valence-corrected chi connectivity index (χ2v) is 10.6. The van der Waals surface area contributed by atoms with Crippen LogP contribution in [0.4, 0.5) is 0 Å². The smallest absolute Gasteiger partial charge is 0.335 e. The van der Waals surface area contributed by atoms with Crippen molar-refractivity contribution in [2.75, 3.05) is 0 Å². The van der Waals surface area contributed by atoms with E-state index in [1.807, 2.05) is 42.5 Å². The number of hydrogen-bond donors (Lipinski definition) is 2. The highest BCUT2D eigenvalue weighted by Gasteiger charge is 2.26. The number of benzene rings is 4. The summed E-state index contributed by atoms with van der Waals surface area (Å²) in [5.41, 5.74) is 6.96. The maximum Gasteiger partial charge on any atom is 0.335 e. The van der Waals surface area contributed by atoms with Crippen LogP contribution in [0, 0.1) is 6.92 Å². The van der Waals surface area contributed by atoms with Gasteiger partial charge in [-0.25, -0.2) is 4.79 Å². The van der Waals surface area contributed by atoms with Crippen LogP contribution in [0.25, 0.3) is 17.2 Å². The molecule has 1 atom stereocenters. The minimum atomic E-state index is -0.967. The highest BCUT2D eigenvalue weighted by Crippen LogP contribution is 2.42. The summed E-state index contributed by atoms with van der Waals surface area (Å²) >= 11 is 0. The van der Waals surface area contributed by atoms with Crippen molar-refractivity contribution in [3.05, 3.63) is 130 Å². The molecule has 2 N–H and O–H groups in total. The molecular formula is C34H34O4. The summed E-state index contributed by atoms with van der Waals surface area (Å²) in [6.45, 7) is 9.00. The zero-order valence-electron chi connectivity index (χ0n) is 22.3. The van der Waals surface area contributed by atoms with Crippen molar-refractivity contribution < 1.29 is 19.7 Å². The molecule has 4 aromatic rings. The van der Waals surface area contributed by atoms with E-state index in [1.165, 1.54) is 5.56 Å². The van der Waals surface area contributed by atoms with Crippen LogP contribution in [0.2, 0.25) is 0 Å². The lowest BCUT2D eigenvalue weighted by molar-refractivity contribution is 0.0697. The Morgan fingerprint density at radius 3 is 2.18 bits per heavy atom. The third kappa shape index (κ3) is 6.58. The summed E-state index contributed by atoms with van der Waals surface area (Å²) in [5.74, 6) is -0.223. The third-order valence-electron chi connectivity index (χ3n) is 6.44. The van der Waals surface area contributed by atoms with Crippen LogP contribution >= 0.6 is 0 Å². The molecule has 0 bridgehead atoms. The minimum Gasteiger partial charge on any atom is -0.489 e. The number of carbonyl (C=O) groups is 1. The number of aliphatic hydroxyl groups excluding tert-OH is 1. The molecule has 0 spiro atoms. The fourth-order valence-corrected chi connectivity index (χ4v) is 4.44. The second kappa shape index (κ2) is 11.5. The molecule has 194 valence electrons. The van der Waals surface area contributed by atoms with Gasteiger partial charge in [0.25, 0.3) is 0 Å². The van der Waals surface area contributed by atoms with Gasteiger partial charge in [0.15, 0.2) is 0 Å². The van der Waals surface area contributed by atoms with E-state index in [-0.39, 0.29) is 11.0 Å². The van der Waals surface area contributed by atoms with Gasteiger partial charge in [-0.05, 0) is 64.4 Å². The molecule has 38 heavy (non-hydrogen) atoms. The van der Waals surface area contributed by atoms with Gasteiger partial charge < -0.3 is 14.9 Å². The molecule has 1 unspecified atom stereocenters. The van der Waals surface area contributed by atoms with Crippen molar-refractivity contribution in [2.24, 2.45) is 0 Å². The fraction of sp³-hybridized carbons (Fsp3) is 0.206. The molecule has 0 fully saturated rings. The van der Waals surface area contributed by atoms with Gasteiger partial charge in [0.2, 0.25) is 0 Å². The lowest BCUT2D eigenvalue weighted by Gasteiger charge is -2.28. The van der Waals surface area contributed by atoms with Gasteiger partial charge in [0.05, 0.1) is 11.7 Å². The Hall–Kier alpha value is -4.15. The first-order valence-corrected chi connectivity index (χ1v) is 12.7. The molecule has 4 aromatic carbocycles. The molecule has 4 heteroatoms. The molecule has 0 aliphatic rings. The van der Waals surface area contributed by atoms with Crippen LogP contribution in [0.5, 0.6) is 5.75 Å². The lowest BCUT2D eigenvalue weighted by Crippen LogP contribution is -2.16. The molecule has 0 amide bonds. The van der Waals surface area contributed by atoms with E-state index in [2.05, 4.69) is 52.0 Å². The van der Waals surface area contributed by atoms with Crippen LogP contribution in [0.3, 0.4) is 0 Å². The van der Waals surface area contributed by atoms with E-state index < -0.39 is 12.1 Å². The number of ether oxygens (including phenoxy) is 1. The van der Waals surface area contributed by atoms with Gasteiger partial charge >= 0.3 is 5.97 Å². The van der Waals surface area contributed by atoms with Crippen LogP contribution in [0.15, 0.2) is 97.1 Å². The molecule has 0 heterocycles. The van der Waals surface area contributed by atoms with Gasteiger partial charge in [-0.3, -0.25) is 0 Å². The van der Waals surface area contributed by atoms with Gasteiger partial charge in [-0.2, -0.15) is 0 Å². The van der Waals surface area contributed by atoms with Crippen molar-refractivity contribution in [1.82, 2.24) is 0 Å². The Kier molecular flexibility index (Phi) is 8.13. The highest BCUT2D eigenvalue weighted by atomic mass is 16.5.